The van der Waals surface area contributed by atoms with Crippen LogP contribution in [0.25, 0.3) is 0 Å². The topological polar surface area (TPSA) is 24.5 Å². The third-order valence-corrected chi connectivity index (χ3v) is 3.42. The van der Waals surface area contributed by atoms with Gasteiger partial charge < -0.3 is 15.0 Å². The van der Waals surface area contributed by atoms with E-state index in [-0.39, 0.29) is 0 Å². The van der Waals surface area contributed by atoms with E-state index in [9.17, 15) is 0 Å². The standard InChI is InChI=1S/C13H28N2O/c1-3-15(11-12-16-4-2)10-9-14-13-7-5-6-8-13/h13-14H,3-12H2,1-2H3. The maximum atomic E-state index is 5.38. The third kappa shape index (κ3) is 5.83. The highest BCUT2D eigenvalue weighted by atomic mass is 16.5. The first-order valence-electron chi connectivity index (χ1n) is 6.90. The van der Waals surface area contributed by atoms with Gasteiger partial charge in [-0.25, -0.2) is 0 Å². The van der Waals surface area contributed by atoms with Crippen LogP contribution in [0.2, 0.25) is 0 Å². The number of ether oxygens (including phenoxy) is 1. The first-order valence-corrected chi connectivity index (χ1v) is 6.90. The molecule has 0 aromatic rings. The van der Waals surface area contributed by atoms with Gasteiger partial charge in [-0.15, -0.1) is 0 Å². The lowest BCUT2D eigenvalue weighted by Gasteiger charge is -2.21. The maximum Gasteiger partial charge on any atom is 0.0593 e. The number of hydrogen-bond acceptors (Lipinski definition) is 3. The summed E-state index contributed by atoms with van der Waals surface area (Å²) in [7, 11) is 0. The lowest BCUT2D eigenvalue weighted by atomic mass is 10.2. The van der Waals surface area contributed by atoms with Crippen molar-refractivity contribution in [3.8, 4) is 0 Å². The molecule has 1 aliphatic carbocycles. The molecule has 3 nitrogen and oxygen atoms in total. The average molecular weight is 228 g/mol. The summed E-state index contributed by atoms with van der Waals surface area (Å²) in [5, 5.41) is 3.65. The summed E-state index contributed by atoms with van der Waals surface area (Å²) in [6.07, 6.45) is 5.59. The Bertz CT molecular complexity index is 158. The maximum absolute atomic E-state index is 5.38. The minimum atomic E-state index is 0.797. The Morgan fingerprint density at radius 2 is 1.94 bits per heavy atom. The van der Waals surface area contributed by atoms with Crippen molar-refractivity contribution in [2.45, 2.75) is 45.6 Å². The van der Waals surface area contributed by atoms with Crippen LogP contribution >= 0.6 is 0 Å². The number of hydrogen-bond donors (Lipinski definition) is 1. The molecular weight excluding hydrogens is 200 g/mol. The third-order valence-electron chi connectivity index (χ3n) is 3.42. The van der Waals surface area contributed by atoms with E-state index >= 15 is 0 Å². The van der Waals surface area contributed by atoms with Crippen molar-refractivity contribution >= 4 is 0 Å². The summed E-state index contributed by atoms with van der Waals surface area (Å²) >= 11 is 0. The highest BCUT2D eigenvalue weighted by molar-refractivity contribution is 4.73. The Morgan fingerprint density at radius 1 is 1.19 bits per heavy atom. The van der Waals surface area contributed by atoms with Gasteiger partial charge in [0.15, 0.2) is 0 Å². The predicted octanol–water partition coefficient (Wildman–Crippen LogP) is 1.88. The Hall–Kier alpha value is -0.120. The molecular formula is C13H28N2O. The molecule has 0 amide bonds. The van der Waals surface area contributed by atoms with Crippen molar-refractivity contribution in [2.24, 2.45) is 0 Å². The highest BCUT2D eigenvalue weighted by Crippen LogP contribution is 2.17. The van der Waals surface area contributed by atoms with Crippen LogP contribution in [0, 0.1) is 0 Å². The van der Waals surface area contributed by atoms with Crippen molar-refractivity contribution in [3.05, 3.63) is 0 Å². The van der Waals surface area contributed by atoms with Gasteiger partial charge in [-0.2, -0.15) is 0 Å². The fourth-order valence-corrected chi connectivity index (χ4v) is 2.32. The molecule has 1 fully saturated rings. The molecule has 1 rings (SSSR count). The molecule has 0 aromatic carbocycles. The Kier molecular flexibility index (Phi) is 7.81. The van der Waals surface area contributed by atoms with Gasteiger partial charge in [0.1, 0.15) is 0 Å². The summed E-state index contributed by atoms with van der Waals surface area (Å²) < 4.78 is 5.38. The molecule has 1 aliphatic rings. The van der Waals surface area contributed by atoms with Gasteiger partial charge in [-0.1, -0.05) is 19.8 Å². The molecule has 0 aliphatic heterocycles. The molecule has 0 unspecified atom stereocenters. The number of likely N-dealkylation sites (N-methyl/N-ethyl adjacent to an activating group) is 1. The number of rotatable bonds is 9. The second-order valence-electron chi connectivity index (χ2n) is 4.57. The van der Waals surface area contributed by atoms with Crippen LogP contribution in [0.4, 0.5) is 0 Å². The van der Waals surface area contributed by atoms with Crippen LogP contribution in [0.5, 0.6) is 0 Å². The molecule has 0 aromatic heterocycles. The first kappa shape index (κ1) is 13.9. The van der Waals surface area contributed by atoms with E-state index in [1.807, 2.05) is 0 Å². The van der Waals surface area contributed by atoms with E-state index in [0.717, 1.165) is 45.4 Å². The van der Waals surface area contributed by atoms with E-state index < -0.39 is 0 Å². The van der Waals surface area contributed by atoms with Crippen molar-refractivity contribution in [1.29, 1.82) is 0 Å². The molecule has 0 atom stereocenters. The van der Waals surface area contributed by atoms with Crippen LogP contribution in [-0.2, 0) is 4.74 Å². The first-order chi connectivity index (χ1) is 7.86. The monoisotopic (exact) mass is 228 g/mol. The quantitative estimate of drug-likeness (QED) is 0.610. The molecule has 1 saturated carbocycles. The number of nitrogens with one attached hydrogen (secondary N) is 1. The van der Waals surface area contributed by atoms with Crippen LogP contribution in [0.15, 0.2) is 0 Å². The Balaban J connectivity index is 1.99. The van der Waals surface area contributed by atoms with E-state index in [4.69, 9.17) is 4.74 Å². The normalized spacial score (nSPS) is 17.4. The van der Waals surface area contributed by atoms with Crippen LogP contribution < -0.4 is 5.32 Å². The Labute approximate surface area is 101 Å². The molecule has 0 radical (unpaired) electrons. The molecule has 0 saturated heterocycles. The zero-order chi connectivity index (χ0) is 11.6. The van der Waals surface area contributed by atoms with E-state index in [1.165, 1.54) is 25.7 Å². The SMILES string of the molecule is CCOCCN(CC)CCNC1CCCC1. The van der Waals surface area contributed by atoms with Crippen LogP contribution in [0.1, 0.15) is 39.5 Å². The zero-order valence-corrected chi connectivity index (χ0v) is 11.0. The fourth-order valence-electron chi connectivity index (χ4n) is 2.32. The molecule has 0 bridgehead atoms. The van der Waals surface area contributed by atoms with Crippen LogP contribution in [-0.4, -0.2) is 50.3 Å². The number of nitrogens with zero attached hydrogens (tertiary/aromatic N) is 1. The van der Waals surface area contributed by atoms with E-state index in [0.29, 0.717) is 0 Å². The van der Waals surface area contributed by atoms with Gasteiger partial charge in [0.05, 0.1) is 6.61 Å². The molecule has 3 heteroatoms. The van der Waals surface area contributed by atoms with Gasteiger partial charge >= 0.3 is 0 Å². The lowest BCUT2D eigenvalue weighted by molar-refractivity contribution is 0.115. The van der Waals surface area contributed by atoms with Gasteiger partial charge in [0.25, 0.3) is 0 Å². The molecule has 16 heavy (non-hydrogen) atoms. The summed E-state index contributed by atoms with van der Waals surface area (Å²) in [6.45, 7) is 10.5. The zero-order valence-electron chi connectivity index (χ0n) is 11.0. The van der Waals surface area contributed by atoms with Crippen molar-refractivity contribution in [3.63, 3.8) is 0 Å². The van der Waals surface area contributed by atoms with Crippen molar-refractivity contribution < 1.29 is 4.74 Å². The van der Waals surface area contributed by atoms with Gasteiger partial charge in [-0.3, -0.25) is 0 Å². The fraction of sp³-hybridized carbons (Fsp3) is 1.00. The van der Waals surface area contributed by atoms with E-state index in [1.54, 1.807) is 0 Å². The van der Waals surface area contributed by atoms with Crippen LogP contribution in [0.3, 0.4) is 0 Å². The van der Waals surface area contributed by atoms with Crippen molar-refractivity contribution in [1.82, 2.24) is 10.2 Å². The van der Waals surface area contributed by atoms with Gasteiger partial charge in [-0.05, 0) is 26.3 Å². The minimum Gasteiger partial charge on any atom is -0.380 e. The summed E-state index contributed by atoms with van der Waals surface area (Å²) in [4.78, 5) is 2.46. The Morgan fingerprint density at radius 3 is 2.56 bits per heavy atom. The second kappa shape index (κ2) is 8.97. The lowest BCUT2D eigenvalue weighted by Crippen LogP contribution is -2.37. The largest absolute Gasteiger partial charge is 0.380 e. The van der Waals surface area contributed by atoms with Gasteiger partial charge in [0.2, 0.25) is 0 Å². The molecule has 0 spiro atoms. The predicted molar refractivity (Wildman–Crippen MR) is 68.9 cm³/mol. The highest BCUT2D eigenvalue weighted by Gasteiger charge is 2.13. The smallest absolute Gasteiger partial charge is 0.0593 e. The van der Waals surface area contributed by atoms with Crippen molar-refractivity contribution in [2.75, 3.05) is 39.4 Å². The molecule has 0 heterocycles. The van der Waals surface area contributed by atoms with Gasteiger partial charge in [0, 0.05) is 32.3 Å². The summed E-state index contributed by atoms with van der Waals surface area (Å²) in [6, 6.07) is 0.797. The van der Waals surface area contributed by atoms with E-state index in [2.05, 4.69) is 24.1 Å². The molecule has 1 N–H and O–H groups in total. The average Bonchev–Trinajstić information content (AvgIpc) is 2.80. The summed E-state index contributed by atoms with van der Waals surface area (Å²) in [5.41, 5.74) is 0. The summed E-state index contributed by atoms with van der Waals surface area (Å²) in [5.74, 6) is 0. The minimum absolute atomic E-state index is 0.797. The molecule has 96 valence electrons. The second-order valence-corrected chi connectivity index (χ2v) is 4.57.